The number of imide groups is 2. The zero-order valence-corrected chi connectivity index (χ0v) is 17.1. The molecular weight excluding hydrogens is 410 g/mol. The van der Waals surface area contributed by atoms with Crippen molar-refractivity contribution < 1.29 is 24.3 Å². The van der Waals surface area contributed by atoms with Crippen LogP contribution in [-0.2, 0) is 16.0 Å². The number of carbonyl (C=O) groups is 4. The van der Waals surface area contributed by atoms with Crippen molar-refractivity contribution in [3.05, 3.63) is 89.3 Å². The van der Waals surface area contributed by atoms with Crippen LogP contribution in [0.25, 0.3) is 11.8 Å². The fourth-order valence-electron chi connectivity index (χ4n) is 3.56. The highest BCUT2D eigenvalue weighted by atomic mass is 16.4. The lowest BCUT2D eigenvalue weighted by Gasteiger charge is -2.28. The molecule has 0 spiro atoms. The highest BCUT2D eigenvalue weighted by molar-refractivity contribution is 6.39. The molecule has 0 saturated carbocycles. The zero-order chi connectivity index (χ0) is 22.8. The minimum absolute atomic E-state index is 0.145. The summed E-state index contributed by atoms with van der Waals surface area (Å²) >= 11 is 0. The average Bonchev–Trinajstić information content (AvgIpc) is 3.25. The number of carboxylic acid groups (broad SMARTS) is 1. The topological polar surface area (TPSA) is 109 Å². The summed E-state index contributed by atoms with van der Waals surface area (Å²) in [5, 5.41) is 11.3. The summed E-state index contributed by atoms with van der Waals surface area (Å²) in [7, 11) is 0. The summed E-state index contributed by atoms with van der Waals surface area (Å²) in [4.78, 5) is 50.3. The lowest BCUT2D eigenvalue weighted by atomic mass is 10.1. The third kappa shape index (κ3) is 3.69. The molecule has 2 heterocycles. The fourth-order valence-corrected chi connectivity index (χ4v) is 3.56. The second-order valence-electron chi connectivity index (χ2n) is 7.10. The van der Waals surface area contributed by atoms with Gasteiger partial charge in [-0.2, -0.15) is 0 Å². The summed E-state index contributed by atoms with van der Waals surface area (Å²) in [5.41, 5.74) is 2.36. The van der Waals surface area contributed by atoms with Gasteiger partial charge >= 0.3 is 12.0 Å². The number of aromatic nitrogens is 1. The van der Waals surface area contributed by atoms with Crippen molar-refractivity contribution in [1.29, 1.82) is 0 Å². The van der Waals surface area contributed by atoms with Gasteiger partial charge in [-0.25, -0.2) is 14.5 Å². The largest absolute Gasteiger partial charge is 0.478 e. The number of rotatable bonds is 5. The molecule has 2 aromatic carbocycles. The molecule has 8 nitrogen and oxygen atoms in total. The second kappa shape index (κ2) is 8.35. The van der Waals surface area contributed by atoms with Gasteiger partial charge < -0.3 is 9.67 Å². The summed E-state index contributed by atoms with van der Waals surface area (Å²) < 4.78 is 1.71. The number of para-hydroxylation sites is 1. The Morgan fingerprint density at radius 1 is 1.00 bits per heavy atom. The van der Waals surface area contributed by atoms with Crippen molar-refractivity contribution in [2.45, 2.75) is 13.3 Å². The predicted molar refractivity (Wildman–Crippen MR) is 118 cm³/mol. The first-order chi connectivity index (χ1) is 15.4. The Labute approximate surface area is 183 Å². The number of hydrogen-bond acceptors (Lipinski definition) is 4. The number of carboxylic acids is 1. The van der Waals surface area contributed by atoms with Crippen molar-refractivity contribution >= 4 is 35.6 Å². The number of amides is 4. The van der Waals surface area contributed by atoms with Gasteiger partial charge in [0, 0.05) is 17.6 Å². The van der Waals surface area contributed by atoms with E-state index < -0.39 is 23.8 Å². The number of anilines is 1. The van der Waals surface area contributed by atoms with Crippen molar-refractivity contribution in [3.63, 3.8) is 0 Å². The van der Waals surface area contributed by atoms with Crippen LogP contribution in [0.3, 0.4) is 0 Å². The van der Waals surface area contributed by atoms with Crippen molar-refractivity contribution in [2.24, 2.45) is 0 Å². The highest BCUT2D eigenvalue weighted by Gasteiger charge is 2.37. The van der Waals surface area contributed by atoms with E-state index in [1.165, 1.54) is 18.2 Å². The van der Waals surface area contributed by atoms with Gasteiger partial charge in [-0.05, 0) is 60.5 Å². The minimum atomic E-state index is -1.03. The second-order valence-corrected chi connectivity index (χ2v) is 7.10. The molecule has 0 bridgehead atoms. The Hall–Kier alpha value is -4.46. The molecule has 1 saturated heterocycles. The summed E-state index contributed by atoms with van der Waals surface area (Å²) in [6.45, 7) is 1.91. The molecule has 1 aliphatic rings. The Morgan fingerprint density at radius 3 is 2.41 bits per heavy atom. The summed E-state index contributed by atoms with van der Waals surface area (Å²) in [6.07, 6.45) is 3.74. The monoisotopic (exact) mass is 429 g/mol. The van der Waals surface area contributed by atoms with Crippen LogP contribution >= 0.6 is 0 Å². The smallest absolute Gasteiger partial charge is 0.335 e. The van der Waals surface area contributed by atoms with E-state index in [-0.39, 0.29) is 11.1 Å². The molecule has 4 rings (SSSR count). The highest BCUT2D eigenvalue weighted by Crippen LogP contribution is 2.26. The van der Waals surface area contributed by atoms with Crippen LogP contribution in [0.2, 0.25) is 0 Å². The van der Waals surface area contributed by atoms with Crippen LogP contribution in [-0.4, -0.2) is 33.5 Å². The molecule has 0 aliphatic carbocycles. The first-order valence-corrected chi connectivity index (χ1v) is 9.91. The standard InChI is InChI=1S/C24H19N3O5/c1-2-15-6-3-4-8-20(15)27-22(29)19(21(28)25-24(27)32)14-18-7-5-13-26(18)17-11-9-16(10-12-17)23(30)31/h3-14H,2H2,1H3,(H,30,31)(H,25,28,32)/b19-14-. The number of carbonyl (C=O) groups excluding carboxylic acids is 3. The summed E-state index contributed by atoms with van der Waals surface area (Å²) in [5.74, 6) is -2.53. The van der Waals surface area contributed by atoms with E-state index in [4.69, 9.17) is 5.11 Å². The molecule has 1 aromatic heterocycles. The lowest BCUT2D eigenvalue weighted by molar-refractivity contribution is -0.122. The van der Waals surface area contributed by atoms with Gasteiger partial charge in [0.15, 0.2) is 0 Å². The van der Waals surface area contributed by atoms with Crippen LogP contribution in [0.5, 0.6) is 0 Å². The molecule has 1 aliphatic heterocycles. The SMILES string of the molecule is CCc1ccccc1N1C(=O)NC(=O)/C(=C/c2cccn2-c2ccc(C(=O)O)cc2)C1=O. The van der Waals surface area contributed by atoms with Crippen molar-refractivity contribution in [3.8, 4) is 5.69 Å². The average molecular weight is 429 g/mol. The number of aromatic carboxylic acids is 1. The maximum atomic E-state index is 13.2. The minimum Gasteiger partial charge on any atom is -0.478 e. The molecule has 32 heavy (non-hydrogen) atoms. The van der Waals surface area contributed by atoms with Gasteiger partial charge in [0.25, 0.3) is 11.8 Å². The van der Waals surface area contributed by atoms with E-state index in [0.717, 1.165) is 10.5 Å². The maximum Gasteiger partial charge on any atom is 0.335 e. The van der Waals surface area contributed by atoms with Crippen LogP contribution in [0.1, 0.15) is 28.5 Å². The van der Waals surface area contributed by atoms with E-state index in [1.807, 2.05) is 19.1 Å². The van der Waals surface area contributed by atoms with Crippen LogP contribution in [0.15, 0.2) is 72.4 Å². The molecular formula is C24H19N3O5. The molecule has 160 valence electrons. The number of aryl methyl sites for hydroxylation is 1. The van der Waals surface area contributed by atoms with E-state index in [2.05, 4.69) is 5.32 Å². The quantitative estimate of drug-likeness (QED) is 0.477. The van der Waals surface area contributed by atoms with Crippen LogP contribution < -0.4 is 10.2 Å². The van der Waals surface area contributed by atoms with E-state index in [9.17, 15) is 19.2 Å². The third-order valence-electron chi connectivity index (χ3n) is 5.18. The summed E-state index contributed by atoms with van der Waals surface area (Å²) in [6, 6.07) is 15.9. The van der Waals surface area contributed by atoms with Gasteiger partial charge in [0.05, 0.1) is 11.3 Å². The number of nitrogens with one attached hydrogen (secondary N) is 1. The van der Waals surface area contributed by atoms with Gasteiger partial charge in [-0.1, -0.05) is 25.1 Å². The number of barbiturate groups is 1. The first-order valence-electron chi connectivity index (χ1n) is 9.91. The zero-order valence-electron chi connectivity index (χ0n) is 17.1. The Balaban J connectivity index is 1.74. The molecule has 0 atom stereocenters. The maximum absolute atomic E-state index is 13.2. The predicted octanol–water partition coefficient (Wildman–Crippen LogP) is 3.40. The van der Waals surface area contributed by atoms with Crippen molar-refractivity contribution in [2.75, 3.05) is 4.90 Å². The lowest BCUT2D eigenvalue weighted by Crippen LogP contribution is -2.54. The molecule has 3 aromatic rings. The Bertz CT molecular complexity index is 1270. The first kappa shape index (κ1) is 20.8. The van der Waals surface area contributed by atoms with E-state index in [0.29, 0.717) is 23.5 Å². The molecule has 1 fully saturated rings. The number of benzene rings is 2. The molecule has 0 radical (unpaired) electrons. The Morgan fingerprint density at radius 2 is 1.72 bits per heavy atom. The normalized spacial score (nSPS) is 15.2. The van der Waals surface area contributed by atoms with E-state index in [1.54, 1.807) is 47.2 Å². The van der Waals surface area contributed by atoms with Gasteiger partial charge in [-0.3, -0.25) is 14.9 Å². The number of nitrogens with zero attached hydrogens (tertiary/aromatic N) is 2. The Kier molecular flexibility index (Phi) is 5.43. The fraction of sp³-hybridized carbons (Fsp3) is 0.0833. The molecule has 8 heteroatoms. The number of hydrogen-bond donors (Lipinski definition) is 2. The third-order valence-corrected chi connectivity index (χ3v) is 5.18. The molecule has 4 amide bonds. The van der Waals surface area contributed by atoms with Crippen molar-refractivity contribution in [1.82, 2.24) is 9.88 Å². The van der Waals surface area contributed by atoms with Gasteiger partial charge in [-0.15, -0.1) is 0 Å². The van der Waals surface area contributed by atoms with E-state index >= 15 is 0 Å². The van der Waals surface area contributed by atoms with Crippen LogP contribution in [0.4, 0.5) is 10.5 Å². The van der Waals surface area contributed by atoms with Gasteiger partial charge in [0.2, 0.25) is 0 Å². The van der Waals surface area contributed by atoms with Crippen LogP contribution in [0, 0.1) is 0 Å². The van der Waals surface area contributed by atoms with Gasteiger partial charge in [0.1, 0.15) is 5.57 Å². The molecule has 0 unspecified atom stereocenters. The molecule has 2 N–H and O–H groups in total. The number of urea groups is 1.